The zero-order valence-corrected chi connectivity index (χ0v) is 15.4. The van der Waals surface area contributed by atoms with E-state index in [2.05, 4.69) is 31.8 Å². The summed E-state index contributed by atoms with van der Waals surface area (Å²) in [4.78, 5) is 23.4. The number of amides is 2. The van der Waals surface area contributed by atoms with Crippen molar-refractivity contribution in [3.63, 3.8) is 0 Å². The summed E-state index contributed by atoms with van der Waals surface area (Å²) in [6.45, 7) is 7.24. The summed E-state index contributed by atoms with van der Waals surface area (Å²) >= 11 is 3.32. The first-order valence-electron chi connectivity index (χ1n) is 7.17. The maximum Gasteiger partial charge on any atom is 0.277 e. The molecule has 0 fully saturated rings. The van der Waals surface area contributed by atoms with Crippen molar-refractivity contribution < 1.29 is 14.3 Å². The van der Waals surface area contributed by atoms with Gasteiger partial charge in [-0.25, -0.2) is 5.43 Å². The summed E-state index contributed by atoms with van der Waals surface area (Å²) in [7, 11) is 0. The van der Waals surface area contributed by atoms with Crippen molar-refractivity contribution in [2.75, 3.05) is 6.61 Å². The predicted molar refractivity (Wildman–Crippen MR) is 93.4 cm³/mol. The minimum atomic E-state index is -0.386. The maximum absolute atomic E-state index is 11.7. The third kappa shape index (κ3) is 8.97. The van der Waals surface area contributed by atoms with Gasteiger partial charge in [0.25, 0.3) is 5.91 Å². The van der Waals surface area contributed by atoms with E-state index in [1.54, 1.807) is 19.1 Å². The van der Waals surface area contributed by atoms with Crippen molar-refractivity contribution in [2.24, 2.45) is 5.10 Å². The number of ether oxygens (including phenoxy) is 1. The second-order valence-electron chi connectivity index (χ2n) is 6.10. The summed E-state index contributed by atoms with van der Waals surface area (Å²) < 4.78 is 6.25. The van der Waals surface area contributed by atoms with Crippen molar-refractivity contribution in [3.8, 4) is 5.75 Å². The molecule has 0 saturated carbocycles. The summed E-state index contributed by atoms with van der Waals surface area (Å²) in [6.07, 6.45) is 0.130. The van der Waals surface area contributed by atoms with Crippen LogP contribution in [0.25, 0.3) is 0 Å². The number of hydrazone groups is 1. The molecule has 0 bridgehead atoms. The molecule has 0 aliphatic rings. The van der Waals surface area contributed by atoms with Crippen LogP contribution in [0, 0.1) is 0 Å². The van der Waals surface area contributed by atoms with Crippen LogP contribution in [0.1, 0.15) is 34.1 Å². The quantitative estimate of drug-likeness (QED) is 0.585. The topological polar surface area (TPSA) is 79.8 Å². The molecule has 0 atom stereocenters. The lowest BCUT2D eigenvalue weighted by Crippen LogP contribution is -2.41. The van der Waals surface area contributed by atoms with E-state index in [0.29, 0.717) is 11.5 Å². The molecule has 0 unspecified atom stereocenters. The molecule has 2 amide bonds. The van der Waals surface area contributed by atoms with E-state index in [0.717, 1.165) is 4.47 Å². The molecule has 126 valence electrons. The number of nitrogens with zero attached hydrogens (tertiary/aromatic N) is 1. The molecular weight excluding hydrogens is 362 g/mol. The van der Waals surface area contributed by atoms with Gasteiger partial charge >= 0.3 is 0 Å². The van der Waals surface area contributed by atoms with Crippen molar-refractivity contribution in [2.45, 2.75) is 39.7 Å². The molecule has 0 saturated heterocycles. The SMILES string of the molecule is CC(CC(=O)NC(C)(C)C)=NNC(=O)COc1ccc(Br)cc1. The standard InChI is InChI=1S/C16H22BrN3O3/c1-11(9-14(21)18-16(2,3)4)19-20-15(22)10-23-13-7-5-12(17)6-8-13/h5-8H,9-10H2,1-4H3,(H,18,21)(H,20,22). The van der Waals surface area contributed by atoms with Crippen LogP contribution < -0.4 is 15.5 Å². The summed E-state index contributed by atoms with van der Waals surface area (Å²) in [5, 5.41) is 6.72. The first-order valence-corrected chi connectivity index (χ1v) is 7.96. The fourth-order valence-electron chi connectivity index (χ4n) is 1.60. The van der Waals surface area contributed by atoms with E-state index in [9.17, 15) is 9.59 Å². The molecule has 1 aromatic rings. The molecule has 6 nitrogen and oxygen atoms in total. The number of nitrogens with one attached hydrogen (secondary N) is 2. The van der Waals surface area contributed by atoms with Crippen LogP contribution in [0.4, 0.5) is 0 Å². The lowest BCUT2D eigenvalue weighted by atomic mass is 10.1. The lowest BCUT2D eigenvalue weighted by molar-refractivity contribution is -0.123. The molecule has 7 heteroatoms. The Hall–Kier alpha value is -1.89. The number of rotatable bonds is 6. The van der Waals surface area contributed by atoms with Gasteiger partial charge in [-0.15, -0.1) is 0 Å². The Kier molecular flexibility index (Phi) is 7.22. The first-order chi connectivity index (χ1) is 10.7. The zero-order chi connectivity index (χ0) is 17.5. The first kappa shape index (κ1) is 19.2. The second kappa shape index (κ2) is 8.67. The highest BCUT2D eigenvalue weighted by Crippen LogP contribution is 2.15. The number of hydrogen-bond acceptors (Lipinski definition) is 4. The van der Waals surface area contributed by atoms with Gasteiger partial charge in [0.15, 0.2) is 6.61 Å². The summed E-state index contributed by atoms with van der Waals surface area (Å²) in [5.41, 5.74) is 2.59. The summed E-state index contributed by atoms with van der Waals surface area (Å²) in [5.74, 6) is 0.0659. The third-order valence-electron chi connectivity index (χ3n) is 2.49. The molecule has 0 aliphatic carbocycles. The van der Waals surface area contributed by atoms with Crippen molar-refractivity contribution in [1.82, 2.24) is 10.7 Å². The fourth-order valence-corrected chi connectivity index (χ4v) is 1.87. The van der Waals surface area contributed by atoms with Gasteiger partial charge in [0, 0.05) is 15.7 Å². The average molecular weight is 384 g/mol. The van der Waals surface area contributed by atoms with E-state index >= 15 is 0 Å². The average Bonchev–Trinajstić information content (AvgIpc) is 2.42. The molecule has 0 aliphatic heterocycles. The highest BCUT2D eigenvalue weighted by Gasteiger charge is 2.14. The molecular formula is C16H22BrN3O3. The molecule has 0 spiro atoms. The highest BCUT2D eigenvalue weighted by atomic mass is 79.9. The van der Waals surface area contributed by atoms with Gasteiger partial charge in [0.05, 0.1) is 6.42 Å². The Labute approximate surface area is 144 Å². The zero-order valence-electron chi connectivity index (χ0n) is 13.8. The Bertz CT molecular complexity index is 577. The third-order valence-corrected chi connectivity index (χ3v) is 3.01. The second-order valence-corrected chi connectivity index (χ2v) is 7.02. The van der Waals surface area contributed by atoms with Crippen molar-refractivity contribution >= 4 is 33.5 Å². The minimum Gasteiger partial charge on any atom is -0.484 e. The van der Waals surface area contributed by atoms with Crippen LogP contribution in [-0.4, -0.2) is 29.7 Å². The van der Waals surface area contributed by atoms with Crippen LogP contribution in [0.3, 0.4) is 0 Å². The van der Waals surface area contributed by atoms with Crippen molar-refractivity contribution in [1.29, 1.82) is 0 Å². The van der Waals surface area contributed by atoms with Gasteiger partial charge in [-0.3, -0.25) is 9.59 Å². The normalized spacial score (nSPS) is 11.8. The molecule has 1 aromatic carbocycles. The number of halogens is 1. The van der Waals surface area contributed by atoms with Gasteiger partial charge in [-0.2, -0.15) is 5.10 Å². The monoisotopic (exact) mass is 383 g/mol. The Balaban J connectivity index is 2.36. The molecule has 2 N–H and O–H groups in total. The van der Waals surface area contributed by atoms with Gasteiger partial charge in [-0.05, 0) is 52.0 Å². The molecule has 0 aromatic heterocycles. The largest absolute Gasteiger partial charge is 0.484 e. The van der Waals surface area contributed by atoms with Crippen LogP contribution in [0.5, 0.6) is 5.75 Å². The maximum atomic E-state index is 11.7. The Morgan fingerprint density at radius 2 is 1.78 bits per heavy atom. The minimum absolute atomic E-state index is 0.130. The predicted octanol–water partition coefficient (Wildman–Crippen LogP) is 2.62. The van der Waals surface area contributed by atoms with Crippen LogP contribution in [0.15, 0.2) is 33.8 Å². The number of benzene rings is 1. The summed E-state index contributed by atoms with van der Waals surface area (Å²) in [6, 6.07) is 7.15. The molecule has 1 rings (SSSR count). The van der Waals surface area contributed by atoms with Crippen LogP contribution in [0.2, 0.25) is 0 Å². The highest BCUT2D eigenvalue weighted by molar-refractivity contribution is 9.10. The van der Waals surface area contributed by atoms with Crippen molar-refractivity contribution in [3.05, 3.63) is 28.7 Å². The van der Waals surface area contributed by atoms with E-state index in [4.69, 9.17) is 4.74 Å². The molecule has 0 radical (unpaired) electrons. The van der Waals surface area contributed by atoms with Gasteiger partial charge in [-0.1, -0.05) is 15.9 Å². The van der Waals surface area contributed by atoms with Crippen LogP contribution >= 0.6 is 15.9 Å². The van der Waals surface area contributed by atoms with E-state index in [-0.39, 0.29) is 30.4 Å². The van der Waals surface area contributed by atoms with E-state index in [1.165, 1.54) is 0 Å². The number of hydrogen-bond donors (Lipinski definition) is 2. The van der Waals surface area contributed by atoms with Gasteiger partial charge in [0.1, 0.15) is 5.75 Å². The molecule has 23 heavy (non-hydrogen) atoms. The Morgan fingerprint density at radius 3 is 2.35 bits per heavy atom. The molecule has 0 heterocycles. The van der Waals surface area contributed by atoms with Crippen LogP contribution in [-0.2, 0) is 9.59 Å². The fraction of sp³-hybridized carbons (Fsp3) is 0.438. The lowest BCUT2D eigenvalue weighted by Gasteiger charge is -2.20. The number of carbonyl (C=O) groups excluding carboxylic acids is 2. The van der Waals surface area contributed by atoms with Gasteiger partial charge in [0.2, 0.25) is 5.91 Å². The number of carbonyl (C=O) groups is 2. The van der Waals surface area contributed by atoms with E-state index in [1.807, 2.05) is 32.9 Å². The van der Waals surface area contributed by atoms with E-state index < -0.39 is 0 Å². The van der Waals surface area contributed by atoms with Gasteiger partial charge < -0.3 is 10.1 Å². The smallest absolute Gasteiger partial charge is 0.277 e. The Morgan fingerprint density at radius 1 is 1.17 bits per heavy atom.